The second-order valence-electron chi connectivity index (χ2n) is 4.57. The van der Waals surface area contributed by atoms with Gasteiger partial charge in [-0.3, -0.25) is 4.79 Å². The molecule has 1 N–H and O–H groups in total. The average Bonchev–Trinajstić information content (AvgIpc) is 3.02. The van der Waals surface area contributed by atoms with Crippen molar-refractivity contribution >= 4 is 28.2 Å². The number of methoxy groups -OCH3 is 3. The Kier molecular flexibility index (Phi) is 5.59. The molecule has 0 saturated heterocycles. The van der Waals surface area contributed by atoms with E-state index in [4.69, 9.17) is 9.47 Å². The molecule has 0 saturated carbocycles. The molecule has 0 fully saturated rings. The van der Waals surface area contributed by atoms with Crippen LogP contribution in [0.4, 0.5) is 5.00 Å². The summed E-state index contributed by atoms with van der Waals surface area (Å²) in [6.45, 7) is 0. The maximum absolute atomic E-state index is 12.1. The van der Waals surface area contributed by atoms with Crippen molar-refractivity contribution in [2.24, 2.45) is 0 Å². The highest BCUT2D eigenvalue weighted by atomic mass is 32.1. The summed E-state index contributed by atoms with van der Waals surface area (Å²) in [5.74, 6) is 0.574. The first-order valence-corrected chi connectivity index (χ1v) is 7.58. The highest BCUT2D eigenvalue weighted by Gasteiger charge is 2.12. The van der Waals surface area contributed by atoms with Crippen molar-refractivity contribution in [1.82, 2.24) is 0 Å². The van der Waals surface area contributed by atoms with Crippen LogP contribution in [0.1, 0.15) is 15.2 Å². The Hall–Kier alpha value is -2.54. The van der Waals surface area contributed by atoms with Gasteiger partial charge in [-0.05, 0) is 29.8 Å². The predicted molar refractivity (Wildman–Crippen MR) is 87.5 cm³/mol. The molecule has 0 aliphatic carbocycles. The van der Waals surface area contributed by atoms with Crippen LogP contribution >= 0.6 is 11.3 Å². The van der Waals surface area contributed by atoms with Crippen LogP contribution in [-0.4, -0.2) is 33.2 Å². The number of anilines is 1. The van der Waals surface area contributed by atoms with Crippen molar-refractivity contribution in [2.45, 2.75) is 6.42 Å². The molecule has 0 radical (unpaired) electrons. The average molecular weight is 335 g/mol. The van der Waals surface area contributed by atoms with Gasteiger partial charge < -0.3 is 19.5 Å². The molecule has 23 heavy (non-hydrogen) atoms. The zero-order chi connectivity index (χ0) is 16.8. The van der Waals surface area contributed by atoms with Crippen molar-refractivity contribution in [2.75, 3.05) is 26.6 Å². The van der Waals surface area contributed by atoms with Gasteiger partial charge in [-0.25, -0.2) is 4.79 Å². The van der Waals surface area contributed by atoms with Crippen LogP contribution in [0.15, 0.2) is 30.3 Å². The first kappa shape index (κ1) is 16.8. The van der Waals surface area contributed by atoms with Gasteiger partial charge in [-0.2, -0.15) is 0 Å². The summed E-state index contributed by atoms with van der Waals surface area (Å²) < 4.78 is 15.0. The molecule has 0 unspecified atom stereocenters. The summed E-state index contributed by atoms with van der Waals surface area (Å²) in [6.07, 6.45) is 0.186. The summed E-state index contributed by atoms with van der Waals surface area (Å²) in [5.41, 5.74) is 0.796. The van der Waals surface area contributed by atoms with E-state index in [1.165, 1.54) is 18.4 Å². The van der Waals surface area contributed by atoms with Gasteiger partial charge in [0, 0.05) is 0 Å². The van der Waals surface area contributed by atoms with Gasteiger partial charge in [-0.1, -0.05) is 6.07 Å². The van der Waals surface area contributed by atoms with E-state index < -0.39 is 5.97 Å². The highest BCUT2D eigenvalue weighted by molar-refractivity contribution is 7.18. The Morgan fingerprint density at radius 2 is 1.78 bits per heavy atom. The van der Waals surface area contributed by atoms with E-state index in [1.54, 1.807) is 44.6 Å². The molecule has 1 heterocycles. The van der Waals surface area contributed by atoms with E-state index in [-0.39, 0.29) is 12.3 Å². The molecule has 1 aromatic heterocycles. The number of carbonyl (C=O) groups is 2. The minimum absolute atomic E-state index is 0.185. The SMILES string of the molecule is COC(=O)c1ccc(NC(=O)Cc2ccc(OC)c(OC)c2)s1. The third-order valence-electron chi connectivity index (χ3n) is 3.07. The largest absolute Gasteiger partial charge is 0.493 e. The number of carbonyl (C=O) groups excluding carboxylic acids is 2. The molecule has 2 rings (SSSR count). The van der Waals surface area contributed by atoms with Crippen LogP contribution in [0.3, 0.4) is 0 Å². The number of hydrogen-bond donors (Lipinski definition) is 1. The highest BCUT2D eigenvalue weighted by Crippen LogP contribution is 2.28. The van der Waals surface area contributed by atoms with Gasteiger partial charge >= 0.3 is 5.97 Å². The fourth-order valence-electron chi connectivity index (χ4n) is 1.97. The van der Waals surface area contributed by atoms with Crippen LogP contribution in [0.5, 0.6) is 11.5 Å². The van der Waals surface area contributed by atoms with Gasteiger partial charge in [0.25, 0.3) is 0 Å². The lowest BCUT2D eigenvalue weighted by molar-refractivity contribution is -0.115. The molecule has 6 nitrogen and oxygen atoms in total. The Bertz CT molecular complexity index is 710. The Labute approximate surface area is 138 Å². The minimum Gasteiger partial charge on any atom is -0.493 e. The fraction of sp³-hybridized carbons (Fsp3) is 0.250. The zero-order valence-electron chi connectivity index (χ0n) is 13.0. The Morgan fingerprint density at radius 3 is 2.43 bits per heavy atom. The van der Waals surface area contributed by atoms with Crippen LogP contribution in [-0.2, 0) is 16.0 Å². The second kappa shape index (κ2) is 7.64. The van der Waals surface area contributed by atoms with Crippen molar-refractivity contribution in [3.8, 4) is 11.5 Å². The lowest BCUT2D eigenvalue weighted by Gasteiger charge is -2.09. The lowest BCUT2D eigenvalue weighted by Crippen LogP contribution is -2.13. The molecule has 0 bridgehead atoms. The van der Waals surface area contributed by atoms with Crippen molar-refractivity contribution in [1.29, 1.82) is 0 Å². The van der Waals surface area contributed by atoms with Crippen molar-refractivity contribution in [3.05, 3.63) is 40.8 Å². The number of ether oxygens (including phenoxy) is 3. The number of hydrogen-bond acceptors (Lipinski definition) is 6. The van der Waals surface area contributed by atoms with E-state index in [0.717, 1.165) is 5.56 Å². The number of esters is 1. The topological polar surface area (TPSA) is 73.9 Å². The first-order valence-electron chi connectivity index (χ1n) is 6.76. The molecule has 1 amide bonds. The number of nitrogens with one attached hydrogen (secondary N) is 1. The zero-order valence-corrected chi connectivity index (χ0v) is 13.9. The number of amides is 1. The van der Waals surface area contributed by atoms with Crippen LogP contribution < -0.4 is 14.8 Å². The maximum atomic E-state index is 12.1. The molecule has 0 aliphatic heterocycles. The fourth-order valence-corrected chi connectivity index (χ4v) is 2.81. The Balaban J connectivity index is 2.02. The van der Waals surface area contributed by atoms with E-state index >= 15 is 0 Å². The normalized spacial score (nSPS) is 10.0. The summed E-state index contributed by atoms with van der Waals surface area (Å²) in [6, 6.07) is 8.59. The molecule has 0 spiro atoms. The second-order valence-corrected chi connectivity index (χ2v) is 5.65. The third kappa shape index (κ3) is 4.23. The van der Waals surface area contributed by atoms with Crippen molar-refractivity contribution < 1.29 is 23.8 Å². The number of rotatable bonds is 6. The minimum atomic E-state index is -0.421. The smallest absolute Gasteiger partial charge is 0.348 e. The molecule has 0 aliphatic rings. The molecule has 122 valence electrons. The van der Waals surface area contributed by atoms with E-state index in [1.807, 2.05) is 0 Å². The summed E-state index contributed by atoms with van der Waals surface area (Å²) >= 11 is 1.17. The Morgan fingerprint density at radius 1 is 1.04 bits per heavy atom. The quantitative estimate of drug-likeness (QED) is 0.822. The van der Waals surface area contributed by atoms with Crippen LogP contribution in [0, 0.1) is 0 Å². The number of benzene rings is 1. The van der Waals surface area contributed by atoms with Crippen LogP contribution in [0.25, 0.3) is 0 Å². The molecule has 7 heteroatoms. The molecular weight excluding hydrogens is 318 g/mol. The molecule has 0 atom stereocenters. The third-order valence-corrected chi connectivity index (χ3v) is 4.05. The van der Waals surface area contributed by atoms with E-state index in [9.17, 15) is 9.59 Å². The lowest BCUT2D eigenvalue weighted by atomic mass is 10.1. The first-order chi connectivity index (χ1) is 11.1. The molecule has 2 aromatic rings. The standard InChI is InChI=1S/C16H17NO5S/c1-20-11-5-4-10(8-12(11)21-2)9-14(18)17-15-7-6-13(23-15)16(19)22-3/h4-8H,9H2,1-3H3,(H,17,18). The van der Waals surface area contributed by atoms with Crippen molar-refractivity contribution in [3.63, 3.8) is 0 Å². The maximum Gasteiger partial charge on any atom is 0.348 e. The van der Waals surface area contributed by atoms with Gasteiger partial charge in [0.1, 0.15) is 4.88 Å². The summed E-state index contributed by atoms with van der Waals surface area (Å²) in [5, 5.41) is 3.35. The summed E-state index contributed by atoms with van der Waals surface area (Å²) in [7, 11) is 4.42. The van der Waals surface area contributed by atoms with E-state index in [2.05, 4.69) is 10.1 Å². The molecular formula is C16H17NO5S. The van der Waals surface area contributed by atoms with Gasteiger partial charge in [0.2, 0.25) is 5.91 Å². The monoisotopic (exact) mass is 335 g/mol. The summed E-state index contributed by atoms with van der Waals surface area (Å²) in [4.78, 5) is 23.9. The van der Waals surface area contributed by atoms with Gasteiger partial charge in [0.05, 0.1) is 32.8 Å². The molecule has 1 aromatic carbocycles. The van der Waals surface area contributed by atoms with E-state index in [0.29, 0.717) is 21.4 Å². The predicted octanol–water partition coefficient (Wildman–Crippen LogP) is 2.73. The van der Waals surface area contributed by atoms with Gasteiger partial charge in [-0.15, -0.1) is 11.3 Å². The van der Waals surface area contributed by atoms with Gasteiger partial charge in [0.15, 0.2) is 11.5 Å². The van der Waals surface area contributed by atoms with Crippen LogP contribution in [0.2, 0.25) is 0 Å². The number of thiophene rings is 1.